The molecule has 3 amide bonds. The number of aliphatic hydroxyl groups is 1. The summed E-state index contributed by atoms with van der Waals surface area (Å²) in [6, 6.07) is 14.7. The van der Waals surface area contributed by atoms with Crippen LogP contribution in [-0.4, -0.2) is 81.7 Å². The van der Waals surface area contributed by atoms with Crippen molar-refractivity contribution in [2.45, 2.75) is 103 Å². The predicted molar refractivity (Wildman–Crippen MR) is 200 cm³/mol. The summed E-state index contributed by atoms with van der Waals surface area (Å²) in [5, 5.41) is 11.0. The first-order valence-electron chi connectivity index (χ1n) is 18.4. The summed E-state index contributed by atoms with van der Waals surface area (Å²) >= 11 is 0. The zero-order valence-corrected chi connectivity index (χ0v) is 31.6. The Balaban J connectivity index is 1.67. The van der Waals surface area contributed by atoms with Gasteiger partial charge in [-0.05, 0) is 81.7 Å². The van der Waals surface area contributed by atoms with Gasteiger partial charge < -0.3 is 29.3 Å². The van der Waals surface area contributed by atoms with E-state index in [0.717, 1.165) is 0 Å². The van der Waals surface area contributed by atoms with Gasteiger partial charge >= 0.3 is 0 Å². The third kappa shape index (κ3) is 6.75. The highest BCUT2D eigenvalue weighted by atomic mass is 16.5. The molecular formula is C42H57N3O6. The fourth-order valence-corrected chi connectivity index (χ4v) is 9.49. The maximum atomic E-state index is 15.4. The van der Waals surface area contributed by atoms with Crippen LogP contribution in [0.5, 0.6) is 5.75 Å². The second kappa shape index (κ2) is 14.6. The van der Waals surface area contributed by atoms with E-state index < -0.39 is 47.3 Å². The fourth-order valence-electron chi connectivity index (χ4n) is 9.49. The minimum absolute atomic E-state index is 0.103. The van der Waals surface area contributed by atoms with Gasteiger partial charge in [0, 0.05) is 24.3 Å². The second-order valence-electron chi connectivity index (χ2n) is 16.1. The SMILES string of the molecule is C=CCN(C(=O)[C@H]1[C@H]2C(=O)N([C@H](CO)c3ccccc3)C(C(=O)N(CC=C)C(C)(C)CC(C)(C)C)C23CC[C@]1(CC)O3)c1ccc(OCC)cc1. The highest BCUT2D eigenvalue weighted by Gasteiger charge is 2.79. The lowest BCUT2D eigenvalue weighted by molar-refractivity contribution is -0.160. The number of ether oxygens (including phenoxy) is 2. The van der Waals surface area contributed by atoms with E-state index >= 15 is 14.4 Å². The van der Waals surface area contributed by atoms with Crippen molar-refractivity contribution in [2.24, 2.45) is 17.3 Å². The molecule has 9 heteroatoms. The average Bonchev–Trinajstić information content (AvgIpc) is 3.69. The average molecular weight is 700 g/mol. The zero-order valence-electron chi connectivity index (χ0n) is 31.6. The van der Waals surface area contributed by atoms with Crippen LogP contribution in [0.1, 0.15) is 85.8 Å². The third-order valence-electron chi connectivity index (χ3n) is 11.1. The molecule has 1 N–H and O–H groups in total. The summed E-state index contributed by atoms with van der Waals surface area (Å²) < 4.78 is 12.8. The molecule has 3 heterocycles. The molecule has 0 aliphatic carbocycles. The Bertz CT molecular complexity index is 1600. The number of fused-ring (bicyclic) bond motifs is 1. The van der Waals surface area contributed by atoms with Gasteiger partial charge in [0.1, 0.15) is 17.4 Å². The number of hydrogen-bond acceptors (Lipinski definition) is 6. The van der Waals surface area contributed by atoms with Crippen molar-refractivity contribution in [3.8, 4) is 5.75 Å². The number of carbonyl (C=O) groups is 3. The van der Waals surface area contributed by atoms with Crippen molar-refractivity contribution in [1.29, 1.82) is 0 Å². The van der Waals surface area contributed by atoms with Gasteiger partial charge in [-0.15, -0.1) is 13.2 Å². The highest BCUT2D eigenvalue weighted by molar-refractivity contribution is 6.04. The Morgan fingerprint density at radius 3 is 2.20 bits per heavy atom. The number of hydrogen-bond donors (Lipinski definition) is 1. The van der Waals surface area contributed by atoms with E-state index in [2.05, 4.69) is 33.9 Å². The van der Waals surface area contributed by atoms with E-state index in [1.165, 1.54) is 0 Å². The van der Waals surface area contributed by atoms with Gasteiger partial charge in [0.25, 0.3) is 0 Å². The second-order valence-corrected chi connectivity index (χ2v) is 16.1. The standard InChI is InChI=1S/C42H57N3O6/c1-10-25-43(30-19-21-31(22-20-30)50-13-4)36(47)33-34-37(48)45(32(27-46)29-17-15-14-16-18-29)35(42(34)24-23-41(33,12-3)51-42)38(49)44(26-11-2)40(8,9)28-39(5,6)7/h10-11,14-22,32-35,46H,1-2,12-13,23-28H2,3-9H3/t32-,33-,34+,35?,41+,42?/m1/s1. The van der Waals surface area contributed by atoms with E-state index in [1.807, 2.05) is 87.2 Å². The normalized spacial score (nSPS) is 26.1. The van der Waals surface area contributed by atoms with Crippen LogP contribution in [0, 0.1) is 17.3 Å². The lowest BCUT2D eigenvalue weighted by Crippen LogP contribution is -2.61. The summed E-state index contributed by atoms with van der Waals surface area (Å²) in [6.45, 7) is 23.0. The summed E-state index contributed by atoms with van der Waals surface area (Å²) in [7, 11) is 0. The lowest BCUT2D eigenvalue weighted by Gasteiger charge is -2.46. The maximum absolute atomic E-state index is 15.4. The van der Waals surface area contributed by atoms with Crippen molar-refractivity contribution in [2.75, 3.05) is 31.2 Å². The van der Waals surface area contributed by atoms with Crippen molar-refractivity contribution in [3.05, 3.63) is 85.5 Å². The Labute approximate surface area is 304 Å². The van der Waals surface area contributed by atoms with E-state index in [-0.39, 0.29) is 36.2 Å². The molecule has 3 saturated heterocycles. The lowest BCUT2D eigenvalue weighted by atomic mass is 9.64. The maximum Gasteiger partial charge on any atom is 0.249 e. The number of carbonyl (C=O) groups excluding carboxylic acids is 3. The number of benzene rings is 2. The smallest absolute Gasteiger partial charge is 0.249 e. The first-order valence-corrected chi connectivity index (χ1v) is 18.4. The van der Waals surface area contributed by atoms with Crippen LogP contribution >= 0.6 is 0 Å². The van der Waals surface area contributed by atoms with E-state index in [1.54, 1.807) is 22.0 Å². The van der Waals surface area contributed by atoms with Gasteiger partial charge in [-0.1, -0.05) is 70.2 Å². The molecule has 0 radical (unpaired) electrons. The number of amides is 3. The number of nitrogens with zero attached hydrogens (tertiary/aromatic N) is 3. The number of anilines is 1. The molecule has 2 unspecified atom stereocenters. The van der Waals surface area contributed by atoms with Gasteiger partial charge in [-0.3, -0.25) is 14.4 Å². The predicted octanol–water partition coefficient (Wildman–Crippen LogP) is 6.72. The number of likely N-dealkylation sites (tertiary alicyclic amines) is 1. The third-order valence-corrected chi connectivity index (χ3v) is 11.1. The molecule has 3 aliphatic heterocycles. The first kappa shape index (κ1) is 38.3. The minimum atomic E-state index is -1.28. The van der Waals surface area contributed by atoms with E-state index in [9.17, 15) is 5.11 Å². The summed E-state index contributed by atoms with van der Waals surface area (Å²) in [5.74, 6) is -1.95. The van der Waals surface area contributed by atoms with Crippen LogP contribution in [0.15, 0.2) is 79.9 Å². The molecule has 0 aromatic heterocycles. The van der Waals surface area contributed by atoms with Gasteiger partial charge in [0.2, 0.25) is 17.7 Å². The van der Waals surface area contributed by atoms with Gasteiger partial charge in [0.05, 0.1) is 36.7 Å². The van der Waals surface area contributed by atoms with Crippen LogP contribution in [0.2, 0.25) is 0 Å². The summed E-state index contributed by atoms with van der Waals surface area (Å²) in [6.07, 6.45) is 5.54. The topological polar surface area (TPSA) is 99.6 Å². The molecule has 1 spiro atoms. The molecular weight excluding hydrogens is 642 g/mol. The van der Waals surface area contributed by atoms with Gasteiger partial charge in [-0.2, -0.15) is 0 Å². The monoisotopic (exact) mass is 699 g/mol. The largest absolute Gasteiger partial charge is 0.494 e. The van der Waals surface area contributed by atoms with Gasteiger partial charge in [-0.25, -0.2) is 0 Å². The van der Waals surface area contributed by atoms with Gasteiger partial charge in [0.15, 0.2) is 0 Å². The quantitative estimate of drug-likeness (QED) is 0.207. The van der Waals surface area contributed by atoms with Crippen LogP contribution in [-0.2, 0) is 19.1 Å². The molecule has 51 heavy (non-hydrogen) atoms. The van der Waals surface area contributed by atoms with Crippen molar-refractivity contribution in [1.82, 2.24) is 9.80 Å². The van der Waals surface area contributed by atoms with Crippen molar-refractivity contribution in [3.63, 3.8) is 0 Å². The highest BCUT2D eigenvalue weighted by Crippen LogP contribution is 2.65. The first-order chi connectivity index (χ1) is 24.1. The molecule has 0 saturated carbocycles. The molecule has 5 rings (SSSR count). The molecule has 3 fully saturated rings. The minimum Gasteiger partial charge on any atom is -0.494 e. The van der Waals surface area contributed by atoms with Crippen molar-refractivity contribution >= 4 is 23.4 Å². The molecule has 6 atom stereocenters. The molecule has 9 nitrogen and oxygen atoms in total. The fraction of sp³-hybridized carbons (Fsp3) is 0.548. The Morgan fingerprint density at radius 1 is 1.00 bits per heavy atom. The molecule has 276 valence electrons. The van der Waals surface area contributed by atoms with Crippen molar-refractivity contribution < 1.29 is 29.0 Å². The van der Waals surface area contributed by atoms with E-state index in [0.29, 0.717) is 49.3 Å². The molecule has 2 aromatic carbocycles. The van der Waals surface area contributed by atoms with E-state index in [4.69, 9.17) is 9.47 Å². The molecule has 2 bridgehead atoms. The van der Waals surface area contributed by atoms with Crippen LogP contribution in [0.3, 0.4) is 0 Å². The number of rotatable bonds is 15. The number of aliphatic hydroxyl groups excluding tert-OH is 1. The Morgan fingerprint density at radius 2 is 1.65 bits per heavy atom. The Hall–Kier alpha value is -3.95. The van der Waals surface area contributed by atoms with Crippen LogP contribution in [0.25, 0.3) is 0 Å². The van der Waals surface area contributed by atoms with Crippen LogP contribution < -0.4 is 9.64 Å². The Kier molecular flexibility index (Phi) is 10.9. The molecule has 3 aliphatic rings. The zero-order chi connectivity index (χ0) is 37.4. The summed E-state index contributed by atoms with van der Waals surface area (Å²) in [4.78, 5) is 50.8. The summed E-state index contributed by atoms with van der Waals surface area (Å²) in [5.41, 5.74) is -1.58. The van der Waals surface area contributed by atoms with Crippen LogP contribution in [0.4, 0.5) is 5.69 Å². The molecule has 2 aromatic rings.